The summed E-state index contributed by atoms with van der Waals surface area (Å²) in [6.45, 7) is 5.11. The van der Waals surface area contributed by atoms with Crippen LogP contribution in [0.15, 0.2) is 48.5 Å². The lowest BCUT2D eigenvalue weighted by atomic mass is 9.88. The van der Waals surface area contributed by atoms with Crippen molar-refractivity contribution in [1.29, 1.82) is 0 Å². The van der Waals surface area contributed by atoms with E-state index in [2.05, 4.69) is 16.7 Å². The summed E-state index contributed by atoms with van der Waals surface area (Å²) in [5.41, 5.74) is 3.70. The molecule has 1 aliphatic rings. The summed E-state index contributed by atoms with van der Waals surface area (Å²) in [7, 11) is 0. The van der Waals surface area contributed by atoms with Gasteiger partial charge in [0, 0.05) is 5.56 Å². The van der Waals surface area contributed by atoms with Gasteiger partial charge in [-0.25, -0.2) is 4.79 Å². The first-order chi connectivity index (χ1) is 14.9. The van der Waals surface area contributed by atoms with Crippen molar-refractivity contribution >= 4 is 17.8 Å². The molecule has 0 aliphatic heterocycles. The second-order valence-corrected chi connectivity index (χ2v) is 8.33. The van der Waals surface area contributed by atoms with E-state index in [1.54, 1.807) is 12.1 Å². The molecule has 0 unspecified atom stereocenters. The maximum absolute atomic E-state index is 12.6. The van der Waals surface area contributed by atoms with E-state index in [0.717, 1.165) is 30.4 Å². The molecule has 0 fully saturated rings. The zero-order valence-corrected chi connectivity index (χ0v) is 18.3. The summed E-state index contributed by atoms with van der Waals surface area (Å²) < 4.78 is 5.26. The topological polar surface area (TPSA) is 84.5 Å². The minimum Gasteiger partial charge on any atom is -0.454 e. The van der Waals surface area contributed by atoms with Crippen LogP contribution < -0.4 is 10.6 Å². The van der Waals surface area contributed by atoms with E-state index in [9.17, 15) is 14.4 Å². The van der Waals surface area contributed by atoms with Crippen LogP contribution in [0.5, 0.6) is 0 Å². The normalized spacial score (nSPS) is 16.2. The fraction of sp³-hybridized carbons (Fsp3) is 0.400. The van der Waals surface area contributed by atoms with Gasteiger partial charge in [-0.3, -0.25) is 9.59 Å². The van der Waals surface area contributed by atoms with E-state index in [1.165, 1.54) is 5.56 Å². The van der Waals surface area contributed by atoms with Gasteiger partial charge in [-0.05, 0) is 54.9 Å². The smallest absolute Gasteiger partial charge is 0.329 e. The molecule has 3 rings (SSSR count). The Morgan fingerprint density at radius 1 is 1.06 bits per heavy atom. The predicted molar refractivity (Wildman–Crippen MR) is 118 cm³/mol. The van der Waals surface area contributed by atoms with Gasteiger partial charge in [0.25, 0.3) is 11.8 Å². The van der Waals surface area contributed by atoms with Gasteiger partial charge < -0.3 is 15.4 Å². The molecule has 0 heterocycles. The van der Waals surface area contributed by atoms with Crippen LogP contribution >= 0.6 is 0 Å². The van der Waals surface area contributed by atoms with Gasteiger partial charge in [0.15, 0.2) is 6.61 Å². The van der Waals surface area contributed by atoms with Crippen LogP contribution in [0.2, 0.25) is 0 Å². The first kappa shape index (κ1) is 22.5. The first-order valence-corrected chi connectivity index (χ1v) is 10.8. The Labute approximate surface area is 183 Å². The largest absolute Gasteiger partial charge is 0.454 e. The minimum atomic E-state index is -0.838. The molecule has 2 aromatic carbocycles. The molecule has 2 atom stereocenters. The predicted octanol–water partition coefficient (Wildman–Crippen LogP) is 3.49. The molecule has 0 spiro atoms. The molecule has 2 amide bonds. The number of hydrogen-bond acceptors (Lipinski definition) is 4. The van der Waals surface area contributed by atoms with Crippen LogP contribution in [-0.2, 0) is 20.7 Å². The van der Waals surface area contributed by atoms with E-state index < -0.39 is 12.0 Å². The van der Waals surface area contributed by atoms with E-state index in [1.807, 2.05) is 51.1 Å². The lowest BCUT2D eigenvalue weighted by Gasteiger charge is -2.26. The van der Waals surface area contributed by atoms with E-state index in [4.69, 9.17) is 4.74 Å². The lowest BCUT2D eigenvalue weighted by Crippen LogP contribution is -2.46. The van der Waals surface area contributed by atoms with Crippen molar-refractivity contribution in [2.45, 2.75) is 52.1 Å². The highest BCUT2D eigenvalue weighted by Crippen LogP contribution is 2.29. The highest BCUT2D eigenvalue weighted by molar-refractivity contribution is 5.98. The van der Waals surface area contributed by atoms with Crippen LogP contribution in [0.3, 0.4) is 0 Å². The van der Waals surface area contributed by atoms with Crippen LogP contribution in [0.1, 0.15) is 59.8 Å². The summed E-state index contributed by atoms with van der Waals surface area (Å²) in [4.78, 5) is 37.6. The summed E-state index contributed by atoms with van der Waals surface area (Å²) in [6, 6.07) is 14.3. The summed E-state index contributed by atoms with van der Waals surface area (Å²) in [6.07, 6.45) is 2.87. The van der Waals surface area contributed by atoms with Crippen molar-refractivity contribution in [1.82, 2.24) is 10.6 Å². The van der Waals surface area contributed by atoms with Crippen molar-refractivity contribution < 1.29 is 19.1 Å². The van der Waals surface area contributed by atoms with Crippen LogP contribution in [0.4, 0.5) is 0 Å². The standard InChI is InChI=1S/C25H30N2O4/c1-16(2)23(27-24(29)19-12-6-4-9-17(19)3)25(30)31-15-22(28)26-21-14-8-11-18-10-5-7-13-20(18)21/h4-7,9-10,12-13,16,21,23H,8,11,14-15H2,1-3H3,(H,26,28)(H,27,29)/t21-,23+/m1/s1. The lowest BCUT2D eigenvalue weighted by molar-refractivity contribution is -0.151. The van der Waals surface area contributed by atoms with Crippen molar-refractivity contribution in [2.24, 2.45) is 5.92 Å². The Kier molecular flexibility index (Phi) is 7.45. The Bertz CT molecular complexity index is 954. The highest BCUT2D eigenvalue weighted by Gasteiger charge is 2.28. The molecular weight excluding hydrogens is 392 g/mol. The number of hydrogen-bond donors (Lipinski definition) is 2. The Morgan fingerprint density at radius 2 is 1.77 bits per heavy atom. The summed E-state index contributed by atoms with van der Waals surface area (Å²) in [5, 5.41) is 5.72. The number of rotatable bonds is 7. The van der Waals surface area contributed by atoms with Gasteiger partial charge in [0.05, 0.1) is 6.04 Å². The van der Waals surface area contributed by atoms with Gasteiger partial charge in [0.1, 0.15) is 6.04 Å². The second-order valence-electron chi connectivity index (χ2n) is 8.33. The fourth-order valence-corrected chi connectivity index (χ4v) is 3.91. The van der Waals surface area contributed by atoms with Crippen molar-refractivity contribution in [3.8, 4) is 0 Å². The third kappa shape index (κ3) is 5.72. The van der Waals surface area contributed by atoms with E-state index >= 15 is 0 Å². The van der Waals surface area contributed by atoms with Crippen LogP contribution in [-0.4, -0.2) is 30.4 Å². The number of fused-ring (bicyclic) bond motifs is 1. The molecule has 0 radical (unpaired) electrons. The molecule has 0 saturated carbocycles. The molecule has 2 N–H and O–H groups in total. The van der Waals surface area contributed by atoms with Crippen molar-refractivity contribution in [3.63, 3.8) is 0 Å². The number of nitrogens with one attached hydrogen (secondary N) is 2. The van der Waals surface area contributed by atoms with Gasteiger partial charge in [-0.1, -0.05) is 56.3 Å². The minimum absolute atomic E-state index is 0.0715. The number of carbonyl (C=O) groups is 3. The number of benzene rings is 2. The SMILES string of the molecule is Cc1ccccc1C(=O)N[C@H](C(=O)OCC(=O)N[C@@H]1CCCc2ccccc21)C(C)C. The maximum Gasteiger partial charge on any atom is 0.329 e. The Morgan fingerprint density at radius 3 is 2.52 bits per heavy atom. The molecule has 1 aliphatic carbocycles. The third-order valence-corrected chi connectivity index (χ3v) is 5.65. The number of aryl methyl sites for hydroxylation is 2. The molecule has 0 bridgehead atoms. The van der Waals surface area contributed by atoms with Gasteiger partial charge >= 0.3 is 5.97 Å². The first-order valence-electron chi connectivity index (χ1n) is 10.8. The molecule has 2 aromatic rings. The highest BCUT2D eigenvalue weighted by atomic mass is 16.5. The van der Waals surface area contributed by atoms with Crippen LogP contribution in [0.25, 0.3) is 0 Å². The number of esters is 1. The average Bonchev–Trinajstić information content (AvgIpc) is 2.76. The number of ether oxygens (including phenoxy) is 1. The summed E-state index contributed by atoms with van der Waals surface area (Å²) in [5.74, 6) is -1.48. The zero-order chi connectivity index (χ0) is 22.4. The van der Waals surface area contributed by atoms with Gasteiger partial charge in [-0.15, -0.1) is 0 Å². The maximum atomic E-state index is 12.6. The van der Waals surface area contributed by atoms with Crippen LogP contribution in [0, 0.1) is 12.8 Å². The molecule has 31 heavy (non-hydrogen) atoms. The molecule has 6 nitrogen and oxygen atoms in total. The number of amides is 2. The van der Waals surface area contributed by atoms with Gasteiger partial charge in [-0.2, -0.15) is 0 Å². The number of carbonyl (C=O) groups excluding carboxylic acids is 3. The van der Waals surface area contributed by atoms with Gasteiger partial charge in [0.2, 0.25) is 0 Å². The molecule has 164 valence electrons. The fourth-order valence-electron chi connectivity index (χ4n) is 3.91. The molecule has 0 aromatic heterocycles. The average molecular weight is 423 g/mol. The zero-order valence-electron chi connectivity index (χ0n) is 18.3. The second kappa shape index (κ2) is 10.2. The monoisotopic (exact) mass is 422 g/mol. The molecular formula is C25H30N2O4. The quantitative estimate of drug-likeness (QED) is 0.669. The third-order valence-electron chi connectivity index (χ3n) is 5.65. The van der Waals surface area contributed by atoms with Crippen molar-refractivity contribution in [3.05, 3.63) is 70.8 Å². The Hall–Kier alpha value is -3.15. The molecule has 0 saturated heterocycles. The summed E-state index contributed by atoms with van der Waals surface area (Å²) >= 11 is 0. The molecule has 6 heteroatoms. The van der Waals surface area contributed by atoms with E-state index in [-0.39, 0.29) is 30.4 Å². The van der Waals surface area contributed by atoms with E-state index in [0.29, 0.717) is 5.56 Å². The van der Waals surface area contributed by atoms with Crippen molar-refractivity contribution in [2.75, 3.05) is 6.61 Å². The Balaban J connectivity index is 1.56.